The van der Waals surface area contributed by atoms with Gasteiger partial charge in [0.2, 0.25) is 0 Å². The number of aromatic nitrogens is 1. The summed E-state index contributed by atoms with van der Waals surface area (Å²) in [6.45, 7) is 0.646. The van der Waals surface area contributed by atoms with Gasteiger partial charge >= 0.3 is 5.97 Å². The molecule has 24 heavy (non-hydrogen) atoms. The fourth-order valence-electron chi connectivity index (χ4n) is 2.66. The van der Waals surface area contributed by atoms with Gasteiger partial charge in [-0.25, -0.2) is 13.8 Å². The molecule has 0 spiro atoms. The first kappa shape index (κ1) is 16.5. The predicted molar refractivity (Wildman–Crippen MR) is 83.7 cm³/mol. The molecule has 1 aromatic carbocycles. The van der Waals surface area contributed by atoms with Crippen molar-refractivity contribution in [3.8, 4) is 10.6 Å². The number of amides is 1. The number of likely N-dealkylation sites (tertiary alicyclic amines) is 1. The Labute approximate surface area is 140 Å². The van der Waals surface area contributed by atoms with Gasteiger partial charge < -0.3 is 10.0 Å². The van der Waals surface area contributed by atoms with Crippen LogP contribution in [0.4, 0.5) is 8.78 Å². The highest BCUT2D eigenvalue weighted by molar-refractivity contribution is 7.13. The summed E-state index contributed by atoms with van der Waals surface area (Å²) in [5.41, 5.74) is 0.575. The SMILES string of the molecule is O=C(O)C1CCCN(C(=O)c2csc(-c3ccc(F)c(F)c3)n2)C1. The second-order valence-corrected chi connectivity index (χ2v) is 6.45. The zero-order chi connectivity index (χ0) is 17.3. The maximum Gasteiger partial charge on any atom is 0.308 e. The number of halogens is 2. The largest absolute Gasteiger partial charge is 0.481 e. The van der Waals surface area contributed by atoms with E-state index in [1.165, 1.54) is 11.0 Å². The number of hydrogen-bond acceptors (Lipinski definition) is 4. The summed E-state index contributed by atoms with van der Waals surface area (Å²) in [7, 11) is 0. The van der Waals surface area contributed by atoms with E-state index in [9.17, 15) is 18.4 Å². The van der Waals surface area contributed by atoms with Gasteiger partial charge in [-0.15, -0.1) is 11.3 Å². The molecule has 126 valence electrons. The third-order valence-electron chi connectivity index (χ3n) is 3.95. The molecule has 1 saturated heterocycles. The minimum Gasteiger partial charge on any atom is -0.481 e. The number of nitrogens with zero attached hydrogens (tertiary/aromatic N) is 2. The smallest absolute Gasteiger partial charge is 0.308 e. The Morgan fingerprint density at radius 2 is 2.08 bits per heavy atom. The summed E-state index contributed by atoms with van der Waals surface area (Å²) < 4.78 is 26.3. The first-order valence-electron chi connectivity index (χ1n) is 7.38. The number of rotatable bonds is 3. The molecule has 1 atom stereocenters. The van der Waals surface area contributed by atoms with Crippen LogP contribution in [0.5, 0.6) is 0 Å². The van der Waals surface area contributed by atoms with Crippen molar-refractivity contribution in [3.63, 3.8) is 0 Å². The molecule has 0 saturated carbocycles. The van der Waals surface area contributed by atoms with Crippen molar-refractivity contribution in [1.82, 2.24) is 9.88 Å². The molecule has 2 heterocycles. The molecular formula is C16H14F2N2O3S. The molecule has 2 aromatic rings. The molecule has 1 unspecified atom stereocenters. The number of thiazole rings is 1. The molecule has 1 aliphatic heterocycles. The van der Waals surface area contributed by atoms with Crippen LogP contribution in [0.25, 0.3) is 10.6 Å². The third kappa shape index (κ3) is 3.28. The maximum atomic E-state index is 13.3. The lowest BCUT2D eigenvalue weighted by Gasteiger charge is -2.30. The van der Waals surface area contributed by atoms with Crippen molar-refractivity contribution in [2.24, 2.45) is 5.92 Å². The van der Waals surface area contributed by atoms with Crippen molar-refractivity contribution >= 4 is 23.2 Å². The zero-order valence-electron chi connectivity index (χ0n) is 12.5. The van der Waals surface area contributed by atoms with Crippen molar-refractivity contribution in [1.29, 1.82) is 0 Å². The summed E-state index contributed by atoms with van der Waals surface area (Å²) in [6, 6.07) is 3.44. The fourth-order valence-corrected chi connectivity index (χ4v) is 3.45. The average Bonchev–Trinajstić information content (AvgIpc) is 3.06. The van der Waals surface area contributed by atoms with Crippen LogP contribution in [-0.2, 0) is 4.79 Å². The van der Waals surface area contributed by atoms with E-state index in [0.29, 0.717) is 30.0 Å². The van der Waals surface area contributed by atoms with Crippen LogP contribution in [0.1, 0.15) is 23.3 Å². The van der Waals surface area contributed by atoms with Gasteiger partial charge in [0.15, 0.2) is 11.6 Å². The highest BCUT2D eigenvalue weighted by Gasteiger charge is 2.29. The Bertz CT molecular complexity index is 793. The number of hydrogen-bond donors (Lipinski definition) is 1. The Balaban J connectivity index is 1.78. The second kappa shape index (κ2) is 6.64. The Kier molecular flexibility index (Phi) is 4.57. The topological polar surface area (TPSA) is 70.5 Å². The molecular weight excluding hydrogens is 338 g/mol. The first-order valence-corrected chi connectivity index (χ1v) is 8.26. The van der Waals surface area contributed by atoms with Crippen LogP contribution in [0.2, 0.25) is 0 Å². The minimum atomic E-state index is -0.976. The van der Waals surface area contributed by atoms with Gasteiger partial charge in [-0.1, -0.05) is 0 Å². The van der Waals surface area contributed by atoms with E-state index in [4.69, 9.17) is 5.11 Å². The van der Waals surface area contributed by atoms with Gasteiger partial charge in [0.1, 0.15) is 10.7 Å². The lowest BCUT2D eigenvalue weighted by Crippen LogP contribution is -2.42. The Morgan fingerprint density at radius 1 is 1.29 bits per heavy atom. The van der Waals surface area contributed by atoms with Gasteiger partial charge in [-0.3, -0.25) is 9.59 Å². The standard InChI is InChI=1S/C16H14F2N2O3S/c17-11-4-3-9(6-12(11)18)14-19-13(8-24-14)15(21)20-5-1-2-10(7-20)16(22)23/h3-4,6,8,10H,1-2,5,7H2,(H,22,23). The zero-order valence-corrected chi connectivity index (χ0v) is 13.4. The molecule has 0 radical (unpaired) electrons. The minimum absolute atomic E-state index is 0.159. The van der Waals surface area contributed by atoms with Crippen molar-refractivity contribution < 1.29 is 23.5 Å². The average molecular weight is 352 g/mol. The van der Waals surface area contributed by atoms with Gasteiger partial charge in [-0.2, -0.15) is 0 Å². The van der Waals surface area contributed by atoms with Crippen LogP contribution in [-0.4, -0.2) is 40.0 Å². The van der Waals surface area contributed by atoms with Crippen LogP contribution in [0.3, 0.4) is 0 Å². The molecule has 8 heteroatoms. The van der Waals surface area contributed by atoms with Crippen molar-refractivity contribution in [2.45, 2.75) is 12.8 Å². The van der Waals surface area contributed by atoms with Crippen molar-refractivity contribution in [2.75, 3.05) is 13.1 Å². The number of carboxylic acid groups (broad SMARTS) is 1. The van der Waals surface area contributed by atoms with E-state index in [0.717, 1.165) is 23.5 Å². The molecule has 1 N–H and O–H groups in total. The summed E-state index contributed by atoms with van der Waals surface area (Å²) in [5.74, 6) is -3.73. The first-order chi connectivity index (χ1) is 11.5. The second-order valence-electron chi connectivity index (χ2n) is 5.60. The van der Waals surface area contributed by atoms with E-state index in [1.807, 2.05) is 0 Å². The van der Waals surface area contributed by atoms with Crippen LogP contribution < -0.4 is 0 Å². The normalized spacial score (nSPS) is 17.8. The maximum absolute atomic E-state index is 13.3. The predicted octanol–water partition coefficient (Wildman–Crippen LogP) is 3.03. The molecule has 0 aliphatic carbocycles. The van der Waals surface area contributed by atoms with Crippen molar-refractivity contribution in [3.05, 3.63) is 40.9 Å². The summed E-state index contributed by atoms with van der Waals surface area (Å²) in [5, 5.41) is 11.0. The highest BCUT2D eigenvalue weighted by atomic mass is 32.1. The van der Waals surface area contributed by atoms with E-state index in [-0.39, 0.29) is 18.1 Å². The lowest BCUT2D eigenvalue weighted by atomic mass is 9.98. The number of aliphatic carboxylic acids is 1. The number of piperidine rings is 1. The van der Waals surface area contributed by atoms with E-state index >= 15 is 0 Å². The Morgan fingerprint density at radius 3 is 2.79 bits per heavy atom. The van der Waals surface area contributed by atoms with Gasteiger partial charge in [0, 0.05) is 24.0 Å². The molecule has 1 aromatic heterocycles. The summed E-state index contributed by atoms with van der Waals surface area (Å²) >= 11 is 1.15. The Hall–Kier alpha value is -2.35. The number of carbonyl (C=O) groups is 2. The van der Waals surface area contributed by atoms with Crippen LogP contribution in [0.15, 0.2) is 23.6 Å². The molecule has 1 aliphatic rings. The number of carbonyl (C=O) groups excluding carboxylic acids is 1. The lowest BCUT2D eigenvalue weighted by molar-refractivity contribution is -0.143. The summed E-state index contributed by atoms with van der Waals surface area (Å²) in [6.07, 6.45) is 1.18. The highest BCUT2D eigenvalue weighted by Crippen LogP contribution is 2.26. The number of benzene rings is 1. The molecule has 3 rings (SSSR count). The fraction of sp³-hybridized carbons (Fsp3) is 0.312. The quantitative estimate of drug-likeness (QED) is 0.922. The molecule has 5 nitrogen and oxygen atoms in total. The summed E-state index contributed by atoms with van der Waals surface area (Å²) in [4.78, 5) is 29.2. The van der Waals surface area contributed by atoms with E-state index in [2.05, 4.69) is 4.98 Å². The van der Waals surface area contributed by atoms with Crippen LogP contribution >= 0.6 is 11.3 Å². The van der Waals surface area contributed by atoms with Gasteiger partial charge in [0.05, 0.1) is 5.92 Å². The third-order valence-corrected chi connectivity index (χ3v) is 4.84. The van der Waals surface area contributed by atoms with E-state index in [1.54, 1.807) is 5.38 Å². The van der Waals surface area contributed by atoms with Gasteiger partial charge in [0.25, 0.3) is 5.91 Å². The van der Waals surface area contributed by atoms with E-state index < -0.39 is 23.5 Å². The van der Waals surface area contributed by atoms with Crippen LogP contribution in [0, 0.1) is 17.6 Å². The molecule has 1 amide bonds. The monoisotopic (exact) mass is 352 g/mol. The molecule has 0 bridgehead atoms. The van der Waals surface area contributed by atoms with Gasteiger partial charge in [-0.05, 0) is 31.0 Å². The number of carboxylic acids is 1. The molecule has 1 fully saturated rings.